The number of anilines is 1. The zero-order valence-corrected chi connectivity index (χ0v) is 10.7. The van der Waals surface area contributed by atoms with Crippen molar-refractivity contribution in [1.29, 1.82) is 0 Å². The van der Waals surface area contributed by atoms with Crippen LogP contribution in [-0.2, 0) is 0 Å². The first-order valence-electron chi connectivity index (χ1n) is 5.11. The summed E-state index contributed by atoms with van der Waals surface area (Å²) in [5, 5.41) is 2.95. The van der Waals surface area contributed by atoms with Crippen molar-refractivity contribution in [1.82, 2.24) is 0 Å². The molecule has 1 rings (SSSR count). The molecule has 0 aliphatic carbocycles. The molecule has 0 unspecified atom stereocenters. The lowest BCUT2D eigenvalue weighted by atomic mass is 10.0. The third kappa shape index (κ3) is 2.00. The Morgan fingerprint density at radius 2 is 1.53 bits per heavy atom. The molecule has 0 amide bonds. The van der Waals surface area contributed by atoms with E-state index < -0.39 is 0 Å². The molecule has 1 aromatic carbocycles. The van der Waals surface area contributed by atoms with Crippen LogP contribution in [0.15, 0.2) is 0 Å². The van der Waals surface area contributed by atoms with Crippen molar-refractivity contribution >= 4 is 12.0 Å². The second-order valence-corrected chi connectivity index (χ2v) is 3.38. The van der Waals surface area contributed by atoms with Crippen molar-refractivity contribution in [2.45, 2.75) is 6.92 Å². The number of nitrogens with one attached hydrogen (secondary N) is 1. The van der Waals surface area contributed by atoms with Crippen LogP contribution in [-0.4, -0.2) is 34.7 Å². The highest BCUT2D eigenvalue weighted by Gasteiger charge is 2.23. The van der Waals surface area contributed by atoms with Gasteiger partial charge in [-0.2, -0.15) is 0 Å². The normalized spacial score (nSPS) is 9.71. The summed E-state index contributed by atoms with van der Waals surface area (Å²) in [7, 11) is 6.31. The Morgan fingerprint density at radius 1 is 1.00 bits per heavy atom. The van der Waals surface area contributed by atoms with Crippen LogP contribution >= 0.6 is 0 Å². The van der Waals surface area contributed by atoms with Crippen LogP contribution in [0.5, 0.6) is 17.2 Å². The summed E-state index contributed by atoms with van der Waals surface area (Å²) < 4.78 is 15.8. The van der Waals surface area contributed by atoms with Crippen molar-refractivity contribution in [2.75, 3.05) is 33.7 Å². The number of aldehydes is 1. The molecule has 0 heterocycles. The zero-order chi connectivity index (χ0) is 13.0. The maximum absolute atomic E-state index is 11.1. The lowest BCUT2D eigenvalue weighted by Gasteiger charge is -2.20. The highest BCUT2D eigenvalue weighted by atomic mass is 16.5. The molecule has 5 heteroatoms. The van der Waals surface area contributed by atoms with Gasteiger partial charge in [0.15, 0.2) is 23.5 Å². The molecule has 1 N–H and O–H groups in total. The Balaban J connectivity index is 3.72. The minimum Gasteiger partial charge on any atom is -0.494 e. The van der Waals surface area contributed by atoms with Crippen LogP contribution in [0.4, 0.5) is 5.69 Å². The first-order valence-corrected chi connectivity index (χ1v) is 5.11. The summed E-state index contributed by atoms with van der Waals surface area (Å²) in [5.74, 6) is 1.51. The third-order valence-corrected chi connectivity index (χ3v) is 2.63. The Labute approximate surface area is 101 Å². The van der Waals surface area contributed by atoms with Crippen molar-refractivity contribution < 1.29 is 19.0 Å². The van der Waals surface area contributed by atoms with Gasteiger partial charge in [-0.15, -0.1) is 0 Å². The van der Waals surface area contributed by atoms with Gasteiger partial charge in [-0.3, -0.25) is 4.79 Å². The van der Waals surface area contributed by atoms with E-state index in [9.17, 15) is 4.79 Å². The van der Waals surface area contributed by atoms with Gasteiger partial charge in [0.1, 0.15) is 5.69 Å². The van der Waals surface area contributed by atoms with E-state index in [0.29, 0.717) is 34.1 Å². The van der Waals surface area contributed by atoms with Gasteiger partial charge >= 0.3 is 0 Å². The second kappa shape index (κ2) is 5.43. The molecule has 0 aliphatic heterocycles. The number of methoxy groups -OCH3 is 3. The van der Waals surface area contributed by atoms with Crippen LogP contribution in [0.3, 0.4) is 0 Å². The van der Waals surface area contributed by atoms with Gasteiger partial charge in [0, 0.05) is 12.6 Å². The fraction of sp³-hybridized carbons (Fsp3) is 0.417. The van der Waals surface area contributed by atoms with Crippen molar-refractivity contribution in [3.63, 3.8) is 0 Å². The van der Waals surface area contributed by atoms with Gasteiger partial charge < -0.3 is 19.5 Å². The summed E-state index contributed by atoms with van der Waals surface area (Å²) in [6.07, 6.45) is 0.747. The molecule has 94 valence electrons. The van der Waals surface area contributed by atoms with E-state index in [4.69, 9.17) is 14.2 Å². The highest BCUT2D eigenvalue weighted by Crippen LogP contribution is 2.46. The Bertz CT molecular complexity index is 429. The molecule has 17 heavy (non-hydrogen) atoms. The molecule has 0 aromatic heterocycles. The van der Waals surface area contributed by atoms with E-state index in [1.807, 2.05) is 0 Å². The van der Waals surface area contributed by atoms with Gasteiger partial charge in [-0.1, -0.05) is 0 Å². The highest BCUT2D eigenvalue weighted by molar-refractivity contribution is 5.90. The molecule has 0 radical (unpaired) electrons. The summed E-state index contributed by atoms with van der Waals surface area (Å²) in [4.78, 5) is 11.1. The minimum atomic E-state index is 0.453. The number of ether oxygens (including phenoxy) is 3. The van der Waals surface area contributed by atoms with Gasteiger partial charge in [-0.05, 0) is 6.92 Å². The van der Waals surface area contributed by atoms with Gasteiger partial charge in [0.25, 0.3) is 0 Å². The van der Waals surface area contributed by atoms with E-state index in [1.165, 1.54) is 21.3 Å². The number of benzene rings is 1. The predicted octanol–water partition coefficient (Wildman–Crippen LogP) is 1.88. The first kappa shape index (κ1) is 13.2. The van der Waals surface area contributed by atoms with Gasteiger partial charge in [-0.25, -0.2) is 0 Å². The predicted molar refractivity (Wildman–Crippen MR) is 65.8 cm³/mol. The fourth-order valence-corrected chi connectivity index (χ4v) is 1.84. The number of carbonyl (C=O) groups excluding carboxylic acids is 1. The molecule has 1 aromatic rings. The van der Waals surface area contributed by atoms with E-state index in [0.717, 1.165) is 6.29 Å². The molecule has 0 spiro atoms. The number of hydrogen-bond donors (Lipinski definition) is 1. The van der Waals surface area contributed by atoms with E-state index in [2.05, 4.69) is 5.32 Å². The maximum atomic E-state index is 11.1. The number of hydrogen-bond acceptors (Lipinski definition) is 5. The van der Waals surface area contributed by atoms with E-state index in [-0.39, 0.29) is 0 Å². The summed E-state index contributed by atoms with van der Waals surface area (Å²) in [6.45, 7) is 1.78. The van der Waals surface area contributed by atoms with Crippen molar-refractivity contribution in [3.8, 4) is 17.2 Å². The average molecular weight is 239 g/mol. The lowest BCUT2D eigenvalue weighted by molar-refractivity contribution is 0.111. The van der Waals surface area contributed by atoms with Gasteiger partial charge in [0.2, 0.25) is 0 Å². The molecule has 0 bridgehead atoms. The monoisotopic (exact) mass is 239 g/mol. The van der Waals surface area contributed by atoms with Gasteiger partial charge in [0.05, 0.1) is 26.9 Å². The second-order valence-electron chi connectivity index (χ2n) is 3.38. The number of rotatable bonds is 5. The molecular formula is C12H17NO4. The average Bonchev–Trinajstić information content (AvgIpc) is 2.36. The molecule has 0 saturated heterocycles. The first-order chi connectivity index (χ1) is 8.15. The van der Waals surface area contributed by atoms with Crippen molar-refractivity contribution in [3.05, 3.63) is 11.1 Å². The van der Waals surface area contributed by atoms with Crippen LogP contribution in [0.1, 0.15) is 15.9 Å². The molecule has 0 fully saturated rings. The standard InChI is InChI=1S/C12H17NO4/c1-7-8(6-14)11(16-4)9(13-2)12(17-5)10(7)15-3/h6,13H,1-5H3. The Hall–Kier alpha value is -1.91. The van der Waals surface area contributed by atoms with Crippen LogP contribution < -0.4 is 19.5 Å². The third-order valence-electron chi connectivity index (χ3n) is 2.63. The van der Waals surface area contributed by atoms with Crippen LogP contribution in [0.25, 0.3) is 0 Å². The zero-order valence-electron chi connectivity index (χ0n) is 10.7. The number of carbonyl (C=O) groups is 1. The lowest BCUT2D eigenvalue weighted by Crippen LogP contribution is -2.05. The molecule has 0 atom stereocenters. The SMILES string of the molecule is CNc1c(OC)c(C=O)c(C)c(OC)c1OC. The molecule has 0 saturated carbocycles. The Kier molecular flexibility index (Phi) is 4.20. The summed E-state index contributed by atoms with van der Waals surface area (Å²) >= 11 is 0. The van der Waals surface area contributed by atoms with Crippen molar-refractivity contribution in [2.24, 2.45) is 0 Å². The molecule has 5 nitrogen and oxygen atoms in total. The van der Waals surface area contributed by atoms with E-state index >= 15 is 0 Å². The minimum absolute atomic E-state index is 0.453. The maximum Gasteiger partial charge on any atom is 0.188 e. The molecular weight excluding hydrogens is 222 g/mol. The molecule has 0 aliphatic rings. The van der Waals surface area contributed by atoms with Crippen LogP contribution in [0.2, 0.25) is 0 Å². The largest absolute Gasteiger partial charge is 0.494 e. The fourth-order valence-electron chi connectivity index (χ4n) is 1.84. The quantitative estimate of drug-likeness (QED) is 0.795. The van der Waals surface area contributed by atoms with E-state index in [1.54, 1.807) is 14.0 Å². The Morgan fingerprint density at radius 3 is 1.88 bits per heavy atom. The summed E-state index contributed by atoms with van der Waals surface area (Å²) in [6, 6.07) is 0. The smallest absolute Gasteiger partial charge is 0.188 e. The van der Waals surface area contributed by atoms with Crippen LogP contribution in [0, 0.1) is 6.92 Å². The summed E-state index contributed by atoms with van der Waals surface area (Å²) in [5.41, 5.74) is 1.74. The topological polar surface area (TPSA) is 56.8 Å².